The van der Waals surface area contributed by atoms with Crippen LogP contribution in [0.3, 0.4) is 0 Å². The van der Waals surface area contributed by atoms with Gasteiger partial charge < -0.3 is 15.4 Å². The number of carbonyl (C=O) groups excluding carboxylic acids is 2. The molecule has 1 fully saturated rings. The Labute approximate surface area is 174 Å². The summed E-state index contributed by atoms with van der Waals surface area (Å²) in [5.41, 5.74) is 1.66. The Morgan fingerprint density at radius 1 is 1.17 bits per heavy atom. The molecule has 1 aliphatic carbocycles. The summed E-state index contributed by atoms with van der Waals surface area (Å²) >= 11 is 1.35. The molecule has 2 amide bonds. The zero-order valence-electron chi connectivity index (χ0n) is 16.4. The lowest BCUT2D eigenvalue weighted by atomic mass is 10.1. The van der Waals surface area contributed by atoms with Gasteiger partial charge in [0.2, 0.25) is 5.91 Å². The Hall–Kier alpha value is -2.54. The Balaban J connectivity index is 1.55. The lowest BCUT2D eigenvalue weighted by molar-refractivity contribution is -0.113. The summed E-state index contributed by atoms with van der Waals surface area (Å²) < 4.78 is 18.7. The van der Waals surface area contributed by atoms with E-state index in [0.29, 0.717) is 28.3 Å². The first-order valence-electron chi connectivity index (χ1n) is 9.66. The average Bonchev–Trinajstić information content (AvgIpc) is 3.21. The van der Waals surface area contributed by atoms with E-state index in [4.69, 9.17) is 4.74 Å². The highest BCUT2D eigenvalue weighted by molar-refractivity contribution is 7.99. The van der Waals surface area contributed by atoms with Gasteiger partial charge >= 0.3 is 0 Å². The van der Waals surface area contributed by atoms with Crippen molar-refractivity contribution in [1.82, 2.24) is 5.32 Å². The molecule has 2 N–H and O–H groups in total. The Kier molecular flexibility index (Phi) is 7.52. The molecule has 7 heteroatoms. The molecule has 2 aromatic rings. The summed E-state index contributed by atoms with van der Waals surface area (Å²) in [5, 5.41) is 5.86. The first kappa shape index (κ1) is 21.2. The second-order valence-electron chi connectivity index (χ2n) is 7.00. The Morgan fingerprint density at radius 3 is 2.69 bits per heavy atom. The van der Waals surface area contributed by atoms with Gasteiger partial charge in [0, 0.05) is 17.4 Å². The van der Waals surface area contributed by atoms with Crippen LogP contribution in [-0.2, 0) is 10.5 Å². The molecule has 1 saturated carbocycles. The van der Waals surface area contributed by atoms with Crippen LogP contribution in [0.1, 0.15) is 41.6 Å². The highest BCUT2D eigenvalue weighted by Gasteiger charge is 2.20. The van der Waals surface area contributed by atoms with Crippen LogP contribution in [0.25, 0.3) is 0 Å². The predicted molar refractivity (Wildman–Crippen MR) is 114 cm³/mol. The summed E-state index contributed by atoms with van der Waals surface area (Å²) in [6.07, 6.45) is 4.27. The van der Waals surface area contributed by atoms with Crippen LogP contribution in [-0.4, -0.2) is 30.7 Å². The quantitative estimate of drug-likeness (QED) is 0.670. The van der Waals surface area contributed by atoms with Crippen molar-refractivity contribution in [3.63, 3.8) is 0 Å². The van der Waals surface area contributed by atoms with E-state index in [-0.39, 0.29) is 29.4 Å². The highest BCUT2D eigenvalue weighted by Crippen LogP contribution is 2.25. The average molecular weight is 417 g/mol. The van der Waals surface area contributed by atoms with E-state index < -0.39 is 0 Å². The summed E-state index contributed by atoms with van der Waals surface area (Å²) in [5.74, 6) is 0.494. The zero-order chi connectivity index (χ0) is 20.6. The molecule has 3 rings (SSSR count). The lowest BCUT2D eigenvalue weighted by Gasteiger charge is -2.15. The first-order chi connectivity index (χ1) is 14.1. The van der Waals surface area contributed by atoms with Crippen LogP contribution in [0, 0.1) is 5.82 Å². The molecule has 0 spiro atoms. The molecule has 0 radical (unpaired) electrons. The van der Waals surface area contributed by atoms with Gasteiger partial charge in [0.05, 0.1) is 24.1 Å². The SMILES string of the molecule is COc1ccc(F)cc1CSCC(=O)Nc1ccccc1C(=O)NC1CCCC1. The number of halogens is 1. The van der Waals surface area contributed by atoms with Gasteiger partial charge in [0.15, 0.2) is 0 Å². The number of ether oxygens (including phenoxy) is 1. The number of hydrogen-bond acceptors (Lipinski definition) is 4. The van der Waals surface area contributed by atoms with E-state index in [1.807, 2.05) is 0 Å². The maximum atomic E-state index is 13.4. The zero-order valence-corrected chi connectivity index (χ0v) is 17.2. The minimum atomic E-state index is -0.340. The number of benzene rings is 2. The summed E-state index contributed by atoms with van der Waals surface area (Å²) in [6, 6.07) is 11.5. The number of carbonyl (C=O) groups is 2. The molecule has 0 atom stereocenters. The van der Waals surface area contributed by atoms with E-state index in [1.54, 1.807) is 30.3 Å². The number of anilines is 1. The predicted octanol–water partition coefficient (Wildman–Crippen LogP) is 4.38. The van der Waals surface area contributed by atoms with Gasteiger partial charge in [-0.1, -0.05) is 25.0 Å². The summed E-state index contributed by atoms with van der Waals surface area (Å²) in [7, 11) is 1.53. The van der Waals surface area contributed by atoms with Crippen LogP contribution in [0.15, 0.2) is 42.5 Å². The maximum Gasteiger partial charge on any atom is 0.253 e. The minimum absolute atomic E-state index is 0.162. The second kappa shape index (κ2) is 10.3. The maximum absolute atomic E-state index is 13.4. The molecule has 29 heavy (non-hydrogen) atoms. The Bertz CT molecular complexity index is 869. The molecule has 154 valence electrons. The molecule has 0 saturated heterocycles. The third-order valence-corrected chi connectivity index (χ3v) is 5.85. The third kappa shape index (κ3) is 5.97. The van der Waals surface area contributed by atoms with Crippen molar-refractivity contribution >= 4 is 29.3 Å². The number of nitrogens with one attached hydrogen (secondary N) is 2. The largest absolute Gasteiger partial charge is 0.496 e. The number of para-hydroxylation sites is 1. The summed E-state index contributed by atoms with van der Waals surface area (Å²) in [6.45, 7) is 0. The molecular weight excluding hydrogens is 391 g/mol. The monoisotopic (exact) mass is 416 g/mol. The number of hydrogen-bond donors (Lipinski definition) is 2. The molecule has 5 nitrogen and oxygen atoms in total. The van der Waals surface area contributed by atoms with E-state index in [9.17, 15) is 14.0 Å². The molecule has 0 bridgehead atoms. The van der Waals surface area contributed by atoms with Crippen LogP contribution >= 0.6 is 11.8 Å². The molecule has 1 aliphatic rings. The van der Waals surface area contributed by atoms with Crippen LogP contribution in [0.4, 0.5) is 10.1 Å². The number of thioether (sulfide) groups is 1. The fourth-order valence-electron chi connectivity index (χ4n) is 3.42. The smallest absolute Gasteiger partial charge is 0.253 e. The number of rotatable bonds is 8. The Morgan fingerprint density at radius 2 is 1.93 bits per heavy atom. The second-order valence-corrected chi connectivity index (χ2v) is 7.98. The van der Waals surface area contributed by atoms with E-state index >= 15 is 0 Å². The fraction of sp³-hybridized carbons (Fsp3) is 0.364. The molecule has 0 aromatic heterocycles. The van der Waals surface area contributed by atoms with Gasteiger partial charge in [-0.2, -0.15) is 0 Å². The normalized spacial score (nSPS) is 13.9. The van der Waals surface area contributed by atoms with Crippen molar-refractivity contribution in [3.8, 4) is 5.75 Å². The van der Waals surface area contributed by atoms with Crippen molar-refractivity contribution in [3.05, 3.63) is 59.4 Å². The highest BCUT2D eigenvalue weighted by atomic mass is 32.2. The summed E-state index contributed by atoms with van der Waals surface area (Å²) in [4.78, 5) is 25.0. The number of amides is 2. The van der Waals surface area contributed by atoms with Crippen molar-refractivity contribution in [2.75, 3.05) is 18.2 Å². The fourth-order valence-corrected chi connectivity index (χ4v) is 4.23. The standard InChI is InChI=1S/C22H25FN2O3S/c1-28-20-11-10-16(23)12-15(20)13-29-14-21(26)25-19-9-5-4-8-18(19)22(27)24-17-6-2-3-7-17/h4-5,8-12,17H,2-3,6-7,13-14H2,1H3,(H,24,27)(H,25,26). The van der Waals surface area contributed by atoms with Gasteiger partial charge in [-0.25, -0.2) is 4.39 Å². The van der Waals surface area contributed by atoms with E-state index in [2.05, 4.69) is 10.6 Å². The van der Waals surface area contributed by atoms with Gasteiger partial charge in [0.25, 0.3) is 5.91 Å². The van der Waals surface area contributed by atoms with Gasteiger partial charge in [0.1, 0.15) is 11.6 Å². The number of methoxy groups -OCH3 is 1. The third-order valence-electron chi connectivity index (χ3n) is 4.87. The van der Waals surface area contributed by atoms with E-state index in [0.717, 1.165) is 25.7 Å². The van der Waals surface area contributed by atoms with Gasteiger partial charge in [-0.05, 0) is 43.2 Å². The van der Waals surface area contributed by atoms with Crippen molar-refractivity contribution in [2.24, 2.45) is 0 Å². The molecule has 0 unspecified atom stereocenters. The van der Waals surface area contributed by atoms with E-state index in [1.165, 1.54) is 31.0 Å². The van der Waals surface area contributed by atoms with Gasteiger partial charge in [-0.15, -0.1) is 11.8 Å². The molecule has 2 aromatic carbocycles. The van der Waals surface area contributed by atoms with Crippen molar-refractivity contribution < 1.29 is 18.7 Å². The topological polar surface area (TPSA) is 67.4 Å². The van der Waals surface area contributed by atoms with Gasteiger partial charge in [-0.3, -0.25) is 9.59 Å². The van der Waals surface area contributed by atoms with Crippen LogP contribution in [0.2, 0.25) is 0 Å². The minimum Gasteiger partial charge on any atom is -0.496 e. The van der Waals surface area contributed by atoms with Crippen LogP contribution in [0.5, 0.6) is 5.75 Å². The molecule has 0 heterocycles. The lowest BCUT2D eigenvalue weighted by Crippen LogP contribution is -2.33. The first-order valence-corrected chi connectivity index (χ1v) is 10.8. The van der Waals surface area contributed by atoms with Crippen molar-refractivity contribution in [2.45, 2.75) is 37.5 Å². The molecule has 0 aliphatic heterocycles. The van der Waals surface area contributed by atoms with Crippen LogP contribution < -0.4 is 15.4 Å². The molecular formula is C22H25FN2O3S. The van der Waals surface area contributed by atoms with Crippen molar-refractivity contribution in [1.29, 1.82) is 0 Å².